The second-order valence-corrected chi connectivity index (χ2v) is 4.53. The van der Waals surface area contributed by atoms with Gasteiger partial charge in [-0.05, 0) is 19.3 Å². The number of imidazole rings is 1. The monoisotopic (exact) mass is 253 g/mol. The Hall–Kier alpha value is -2.05. The minimum atomic E-state index is -0.816. The van der Waals surface area contributed by atoms with Crippen LogP contribution in [0.4, 0.5) is 0 Å². The summed E-state index contributed by atoms with van der Waals surface area (Å²) in [5.41, 5.74) is -0.273. The van der Waals surface area contributed by atoms with Crippen molar-refractivity contribution < 1.29 is 14.7 Å². The molecule has 7 heteroatoms. The van der Waals surface area contributed by atoms with E-state index in [4.69, 9.17) is 5.11 Å². The maximum Gasteiger partial charge on any atom is 0.323 e. The van der Waals surface area contributed by atoms with Crippen LogP contribution in [-0.4, -0.2) is 33.0 Å². The lowest BCUT2D eigenvalue weighted by Gasteiger charge is -2.27. The zero-order valence-corrected chi connectivity index (χ0v) is 9.73. The number of aliphatic carboxylic acids is 1. The van der Waals surface area contributed by atoms with Gasteiger partial charge in [0.25, 0.3) is 5.91 Å². The van der Waals surface area contributed by atoms with E-state index in [-0.39, 0.29) is 17.6 Å². The summed E-state index contributed by atoms with van der Waals surface area (Å²) in [4.78, 5) is 38.2. The van der Waals surface area contributed by atoms with E-state index in [1.807, 2.05) is 0 Å². The molecule has 7 nitrogen and oxygen atoms in total. The molecular weight excluding hydrogens is 238 g/mol. The molecule has 1 amide bonds. The molecule has 2 atom stereocenters. The van der Waals surface area contributed by atoms with Crippen LogP contribution in [0.1, 0.15) is 36.2 Å². The molecule has 1 heterocycles. The van der Waals surface area contributed by atoms with E-state index in [1.54, 1.807) is 0 Å². The van der Waals surface area contributed by atoms with Crippen LogP contribution < -0.4 is 11.0 Å². The molecule has 0 saturated heterocycles. The van der Waals surface area contributed by atoms with Crippen LogP contribution in [0.15, 0.2) is 11.0 Å². The number of H-pyrrole nitrogens is 2. The Balaban J connectivity index is 1.95. The lowest BCUT2D eigenvalue weighted by atomic mass is 9.86. The van der Waals surface area contributed by atoms with Gasteiger partial charge in [-0.3, -0.25) is 9.59 Å². The van der Waals surface area contributed by atoms with Crippen LogP contribution in [0.2, 0.25) is 0 Å². The van der Waals surface area contributed by atoms with Crippen molar-refractivity contribution in [3.8, 4) is 0 Å². The number of amides is 1. The maximum atomic E-state index is 11.8. The molecule has 98 valence electrons. The first-order valence-corrected chi connectivity index (χ1v) is 5.87. The van der Waals surface area contributed by atoms with E-state index in [0.717, 1.165) is 12.8 Å². The van der Waals surface area contributed by atoms with Gasteiger partial charge in [0.05, 0.1) is 5.92 Å². The third kappa shape index (κ3) is 2.79. The van der Waals surface area contributed by atoms with Crippen molar-refractivity contribution in [3.63, 3.8) is 0 Å². The van der Waals surface area contributed by atoms with Gasteiger partial charge in [0.15, 0.2) is 0 Å². The molecule has 0 aromatic carbocycles. The summed E-state index contributed by atoms with van der Waals surface area (Å²) >= 11 is 0. The Labute approximate surface area is 103 Å². The standard InChI is InChI=1S/C11H15N3O4/c15-9(8-5-12-11(18)14-8)13-7-3-1-2-6(4-7)10(16)17/h5-7H,1-4H2,(H,13,15)(H,16,17)(H2,12,14,18). The summed E-state index contributed by atoms with van der Waals surface area (Å²) in [7, 11) is 0. The minimum Gasteiger partial charge on any atom is -0.481 e. The van der Waals surface area contributed by atoms with E-state index in [2.05, 4.69) is 15.3 Å². The molecule has 4 N–H and O–H groups in total. The Bertz CT molecular complexity index is 504. The fourth-order valence-corrected chi connectivity index (χ4v) is 2.26. The molecule has 0 spiro atoms. The van der Waals surface area contributed by atoms with Gasteiger partial charge in [-0.1, -0.05) is 6.42 Å². The molecular formula is C11H15N3O4. The maximum absolute atomic E-state index is 11.8. The van der Waals surface area contributed by atoms with Crippen LogP contribution in [0.25, 0.3) is 0 Å². The predicted molar refractivity (Wildman–Crippen MR) is 62.3 cm³/mol. The third-order valence-electron chi connectivity index (χ3n) is 3.20. The zero-order valence-electron chi connectivity index (χ0n) is 9.73. The first kappa shape index (κ1) is 12.4. The van der Waals surface area contributed by atoms with Crippen molar-refractivity contribution in [2.45, 2.75) is 31.7 Å². The van der Waals surface area contributed by atoms with Crippen molar-refractivity contribution >= 4 is 11.9 Å². The number of carboxylic acid groups (broad SMARTS) is 1. The number of carboxylic acids is 1. The molecule has 1 aliphatic carbocycles. The predicted octanol–water partition coefficient (Wildman–Crippen LogP) is 0.0762. The summed E-state index contributed by atoms with van der Waals surface area (Å²) in [6.07, 6.45) is 3.95. The zero-order chi connectivity index (χ0) is 13.1. The molecule has 0 radical (unpaired) electrons. The van der Waals surface area contributed by atoms with E-state index in [9.17, 15) is 14.4 Å². The van der Waals surface area contributed by atoms with Gasteiger partial charge >= 0.3 is 11.7 Å². The van der Waals surface area contributed by atoms with Crippen LogP contribution in [0, 0.1) is 5.92 Å². The summed E-state index contributed by atoms with van der Waals surface area (Å²) in [6, 6.07) is -0.147. The van der Waals surface area contributed by atoms with Gasteiger partial charge in [-0.2, -0.15) is 0 Å². The molecule has 1 saturated carbocycles. The largest absolute Gasteiger partial charge is 0.481 e. The van der Waals surface area contributed by atoms with Gasteiger partial charge in [-0.25, -0.2) is 4.79 Å². The fraction of sp³-hybridized carbons (Fsp3) is 0.545. The van der Waals surface area contributed by atoms with Gasteiger partial charge in [0.1, 0.15) is 5.69 Å². The number of carbonyl (C=O) groups is 2. The van der Waals surface area contributed by atoms with Crippen molar-refractivity contribution in [2.24, 2.45) is 5.92 Å². The van der Waals surface area contributed by atoms with Gasteiger partial charge in [0.2, 0.25) is 0 Å². The molecule has 0 aliphatic heterocycles. The highest BCUT2D eigenvalue weighted by Crippen LogP contribution is 2.24. The molecule has 1 aromatic rings. The summed E-state index contributed by atoms with van der Waals surface area (Å²) in [5.74, 6) is -1.59. The average molecular weight is 253 g/mol. The SMILES string of the molecule is O=C(NC1CCCC(C(=O)O)C1)c1c[nH]c(=O)[nH]1. The smallest absolute Gasteiger partial charge is 0.323 e. The Kier molecular flexibility index (Phi) is 3.50. The molecule has 1 aromatic heterocycles. The Morgan fingerprint density at radius 1 is 1.39 bits per heavy atom. The number of aromatic amines is 2. The van der Waals surface area contributed by atoms with E-state index in [0.29, 0.717) is 12.8 Å². The second-order valence-electron chi connectivity index (χ2n) is 4.53. The van der Waals surface area contributed by atoms with Crippen LogP contribution >= 0.6 is 0 Å². The molecule has 1 aliphatic rings. The molecule has 18 heavy (non-hydrogen) atoms. The fourth-order valence-electron chi connectivity index (χ4n) is 2.26. The van der Waals surface area contributed by atoms with Crippen molar-refractivity contribution in [2.75, 3.05) is 0 Å². The molecule has 1 fully saturated rings. The molecule has 2 unspecified atom stereocenters. The Morgan fingerprint density at radius 2 is 2.17 bits per heavy atom. The highest BCUT2D eigenvalue weighted by molar-refractivity contribution is 5.92. The van der Waals surface area contributed by atoms with Crippen molar-refractivity contribution in [1.82, 2.24) is 15.3 Å². The van der Waals surface area contributed by atoms with E-state index in [1.165, 1.54) is 6.20 Å². The average Bonchev–Trinajstić information content (AvgIpc) is 2.76. The number of aromatic nitrogens is 2. The number of rotatable bonds is 3. The topological polar surface area (TPSA) is 115 Å². The number of carbonyl (C=O) groups excluding carboxylic acids is 1. The summed E-state index contributed by atoms with van der Waals surface area (Å²) in [5, 5.41) is 11.7. The second kappa shape index (κ2) is 5.07. The van der Waals surface area contributed by atoms with Gasteiger partial charge in [0, 0.05) is 12.2 Å². The first-order valence-electron chi connectivity index (χ1n) is 5.87. The van der Waals surface area contributed by atoms with Gasteiger partial charge in [-0.15, -0.1) is 0 Å². The number of hydrogen-bond acceptors (Lipinski definition) is 3. The molecule has 0 bridgehead atoms. The highest BCUT2D eigenvalue weighted by Gasteiger charge is 2.28. The minimum absolute atomic E-state index is 0.147. The van der Waals surface area contributed by atoms with Gasteiger partial charge < -0.3 is 20.4 Å². The van der Waals surface area contributed by atoms with E-state index >= 15 is 0 Å². The number of hydrogen-bond donors (Lipinski definition) is 4. The van der Waals surface area contributed by atoms with Crippen molar-refractivity contribution in [1.29, 1.82) is 0 Å². The quantitative estimate of drug-likeness (QED) is 0.610. The van der Waals surface area contributed by atoms with Crippen LogP contribution in [0.3, 0.4) is 0 Å². The third-order valence-corrected chi connectivity index (χ3v) is 3.20. The van der Waals surface area contributed by atoms with Crippen LogP contribution in [-0.2, 0) is 4.79 Å². The lowest BCUT2D eigenvalue weighted by molar-refractivity contribution is -0.143. The summed E-state index contributed by atoms with van der Waals surface area (Å²) < 4.78 is 0. The highest BCUT2D eigenvalue weighted by atomic mass is 16.4. The lowest BCUT2D eigenvalue weighted by Crippen LogP contribution is -2.40. The van der Waals surface area contributed by atoms with Crippen LogP contribution in [0.5, 0.6) is 0 Å². The normalized spacial score (nSPS) is 23.6. The number of nitrogens with one attached hydrogen (secondary N) is 3. The van der Waals surface area contributed by atoms with Crippen molar-refractivity contribution in [3.05, 3.63) is 22.4 Å². The van der Waals surface area contributed by atoms with E-state index < -0.39 is 17.6 Å². The first-order chi connectivity index (χ1) is 8.56. The summed E-state index contributed by atoms with van der Waals surface area (Å²) in [6.45, 7) is 0. The Morgan fingerprint density at radius 3 is 2.78 bits per heavy atom. The molecule has 2 rings (SSSR count).